The number of aryl methyl sites for hydroxylation is 1. The third kappa shape index (κ3) is 2.46. The van der Waals surface area contributed by atoms with Crippen LogP contribution in [-0.4, -0.2) is 10.7 Å². The number of carbonyl (C=O) groups excluding carboxylic acids is 1. The van der Waals surface area contributed by atoms with Gasteiger partial charge in [-0.25, -0.2) is 0 Å². The molecule has 0 fully saturated rings. The molecule has 0 N–H and O–H groups in total. The Balaban J connectivity index is 1.63. The van der Waals surface area contributed by atoms with Gasteiger partial charge in [-0.05, 0) is 75.4 Å². The summed E-state index contributed by atoms with van der Waals surface area (Å²) in [7, 11) is 0. The molecule has 0 saturated carbocycles. The van der Waals surface area contributed by atoms with Crippen molar-refractivity contribution in [1.82, 2.24) is 4.31 Å². The van der Waals surface area contributed by atoms with Crippen LogP contribution in [0.3, 0.4) is 0 Å². The first-order chi connectivity index (χ1) is 12.8. The molecule has 3 heteroatoms. The summed E-state index contributed by atoms with van der Waals surface area (Å²) in [6.07, 6.45) is 8.24. The SMILES string of the molecule is O=CN1SC=CC=C1C1CCc2ccc3c(ccc4ccccc43)c2C1. The number of hydrogen-bond acceptors (Lipinski definition) is 2. The van der Waals surface area contributed by atoms with Gasteiger partial charge in [-0.2, -0.15) is 0 Å². The minimum absolute atomic E-state index is 0.391. The summed E-state index contributed by atoms with van der Waals surface area (Å²) < 4.78 is 1.77. The molecule has 3 aromatic carbocycles. The monoisotopic (exact) mass is 357 g/mol. The lowest BCUT2D eigenvalue weighted by atomic mass is 9.79. The van der Waals surface area contributed by atoms with Crippen LogP contribution in [-0.2, 0) is 17.6 Å². The molecule has 128 valence electrons. The van der Waals surface area contributed by atoms with Gasteiger partial charge in [0.2, 0.25) is 6.41 Å². The van der Waals surface area contributed by atoms with E-state index in [4.69, 9.17) is 0 Å². The topological polar surface area (TPSA) is 20.3 Å². The molecule has 1 amide bonds. The van der Waals surface area contributed by atoms with Crippen molar-refractivity contribution in [3.05, 3.63) is 82.9 Å². The zero-order valence-corrected chi connectivity index (χ0v) is 15.2. The Labute approximate surface area is 157 Å². The van der Waals surface area contributed by atoms with Gasteiger partial charge >= 0.3 is 0 Å². The molecule has 0 aromatic heterocycles. The molecule has 0 bridgehead atoms. The highest BCUT2D eigenvalue weighted by atomic mass is 32.2. The fourth-order valence-electron chi connectivity index (χ4n) is 4.38. The van der Waals surface area contributed by atoms with Crippen LogP contribution >= 0.6 is 11.9 Å². The van der Waals surface area contributed by atoms with E-state index in [1.165, 1.54) is 44.6 Å². The molecule has 0 saturated heterocycles. The maximum Gasteiger partial charge on any atom is 0.224 e. The van der Waals surface area contributed by atoms with E-state index in [0.717, 1.165) is 31.4 Å². The average Bonchev–Trinajstić information content (AvgIpc) is 2.72. The number of carbonyl (C=O) groups is 1. The molecule has 26 heavy (non-hydrogen) atoms. The van der Waals surface area contributed by atoms with Crippen molar-refractivity contribution < 1.29 is 4.79 Å². The van der Waals surface area contributed by atoms with Crippen molar-refractivity contribution in [1.29, 1.82) is 0 Å². The Morgan fingerprint density at radius 3 is 2.81 bits per heavy atom. The third-order valence-electron chi connectivity index (χ3n) is 5.64. The quantitative estimate of drug-likeness (QED) is 0.337. The van der Waals surface area contributed by atoms with E-state index in [0.29, 0.717) is 5.92 Å². The molecule has 1 atom stereocenters. The summed E-state index contributed by atoms with van der Waals surface area (Å²) in [5.74, 6) is 0.391. The Bertz CT molecular complexity index is 1080. The molecule has 5 rings (SSSR count). The summed E-state index contributed by atoms with van der Waals surface area (Å²) in [5.41, 5.74) is 4.05. The highest BCUT2D eigenvalue weighted by Crippen LogP contribution is 2.39. The molecule has 0 spiro atoms. The molecule has 0 radical (unpaired) electrons. The van der Waals surface area contributed by atoms with Gasteiger partial charge in [0, 0.05) is 11.6 Å². The van der Waals surface area contributed by atoms with E-state index < -0.39 is 0 Å². The number of rotatable bonds is 2. The van der Waals surface area contributed by atoms with Gasteiger partial charge in [0.25, 0.3) is 0 Å². The van der Waals surface area contributed by atoms with Gasteiger partial charge in [-0.3, -0.25) is 9.10 Å². The van der Waals surface area contributed by atoms with E-state index in [1.54, 1.807) is 4.31 Å². The first-order valence-corrected chi connectivity index (χ1v) is 9.89. The van der Waals surface area contributed by atoms with Crippen molar-refractivity contribution >= 4 is 39.9 Å². The first-order valence-electron chi connectivity index (χ1n) is 9.05. The van der Waals surface area contributed by atoms with Crippen LogP contribution in [0.5, 0.6) is 0 Å². The molecule has 2 aliphatic rings. The fraction of sp³-hybridized carbons (Fsp3) is 0.174. The van der Waals surface area contributed by atoms with Crippen molar-refractivity contribution in [3.8, 4) is 0 Å². The highest BCUT2D eigenvalue weighted by molar-refractivity contribution is 8.00. The van der Waals surface area contributed by atoms with Gasteiger partial charge < -0.3 is 0 Å². The second kappa shape index (κ2) is 6.33. The predicted octanol–water partition coefficient (Wildman–Crippen LogP) is 5.62. The molecular weight excluding hydrogens is 338 g/mol. The molecule has 2 nitrogen and oxygen atoms in total. The number of allylic oxidation sites excluding steroid dienone is 3. The van der Waals surface area contributed by atoms with Crippen LogP contribution in [0, 0.1) is 5.92 Å². The van der Waals surface area contributed by atoms with Crippen LogP contribution < -0.4 is 0 Å². The van der Waals surface area contributed by atoms with Crippen molar-refractivity contribution in [2.75, 3.05) is 0 Å². The third-order valence-corrected chi connectivity index (χ3v) is 6.44. The van der Waals surface area contributed by atoms with Crippen molar-refractivity contribution in [3.63, 3.8) is 0 Å². The summed E-state index contributed by atoms with van der Waals surface area (Å²) >= 11 is 1.47. The lowest BCUT2D eigenvalue weighted by Crippen LogP contribution is -2.25. The van der Waals surface area contributed by atoms with Crippen LogP contribution in [0.4, 0.5) is 0 Å². The average molecular weight is 357 g/mol. The number of benzene rings is 3. The first kappa shape index (κ1) is 15.7. The second-order valence-electron chi connectivity index (χ2n) is 6.98. The second-order valence-corrected chi connectivity index (χ2v) is 7.86. The smallest absolute Gasteiger partial charge is 0.224 e. The molecule has 1 heterocycles. The predicted molar refractivity (Wildman–Crippen MR) is 110 cm³/mol. The fourth-order valence-corrected chi connectivity index (χ4v) is 5.04. The van der Waals surface area contributed by atoms with Gasteiger partial charge in [0.1, 0.15) is 0 Å². The Kier molecular flexibility index (Phi) is 3.83. The summed E-state index contributed by atoms with van der Waals surface area (Å²) in [4.78, 5) is 11.4. The molecule has 1 aliphatic carbocycles. The van der Waals surface area contributed by atoms with Gasteiger partial charge in [0.05, 0.1) is 0 Å². The molecule has 1 aliphatic heterocycles. The highest BCUT2D eigenvalue weighted by Gasteiger charge is 2.27. The number of amides is 1. The van der Waals surface area contributed by atoms with E-state index in [-0.39, 0.29) is 0 Å². The van der Waals surface area contributed by atoms with Crippen molar-refractivity contribution in [2.24, 2.45) is 5.92 Å². The van der Waals surface area contributed by atoms with E-state index in [1.807, 2.05) is 11.5 Å². The molecule has 1 unspecified atom stereocenters. The Morgan fingerprint density at radius 2 is 1.88 bits per heavy atom. The lowest BCUT2D eigenvalue weighted by molar-refractivity contribution is -0.113. The maximum atomic E-state index is 11.4. The number of fused-ring (bicyclic) bond motifs is 5. The van der Waals surface area contributed by atoms with E-state index in [2.05, 4.69) is 54.6 Å². The minimum Gasteiger partial charge on any atom is -0.277 e. The summed E-state index contributed by atoms with van der Waals surface area (Å²) in [5, 5.41) is 7.26. The Morgan fingerprint density at radius 1 is 1.00 bits per heavy atom. The van der Waals surface area contributed by atoms with E-state index in [9.17, 15) is 4.79 Å². The van der Waals surface area contributed by atoms with Crippen LogP contribution in [0.25, 0.3) is 21.5 Å². The van der Waals surface area contributed by atoms with Crippen molar-refractivity contribution in [2.45, 2.75) is 19.3 Å². The van der Waals surface area contributed by atoms with Crippen LogP contribution in [0.2, 0.25) is 0 Å². The number of nitrogens with zero attached hydrogens (tertiary/aromatic N) is 1. The normalized spacial score (nSPS) is 19.5. The standard InChI is InChI=1S/C23H19NOS/c25-15-24-23(6-3-13-26-24)18-8-7-17-10-11-20-19-5-2-1-4-16(19)9-12-21(20)22(17)14-18/h1-6,9-13,15,18H,7-8,14H2. The molecular formula is C23H19NOS. The van der Waals surface area contributed by atoms with Gasteiger partial charge in [-0.1, -0.05) is 54.6 Å². The number of hydrogen-bond donors (Lipinski definition) is 0. The zero-order chi connectivity index (χ0) is 17.5. The van der Waals surface area contributed by atoms with Gasteiger partial charge in [-0.15, -0.1) is 0 Å². The summed E-state index contributed by atoms with van der Waals surface area (Å²) in [6, 6.07) is 17.7. The maximum absolute atomic E-state index is 11.4. The summed E-state index contributed by atoms with van der Waals surface area (Å²) in [6.45, 7) is 0. The largest absolute Gasteiger partial charge is 0.277 e. The zero-order valence-electron chi connectivity index (χ0n) is 14.4. The van der Waals surface area contributed by atoms with E-state index >= 15 is 0 Å². The lowest BCUT2D eigenvalue weighted by Gasteiger charge is -2.32. The molecule has 3 aromatic rings. The van der Waals surface area contributed by atoms with Gasteiger partial charge in [0.15, 0.2) is 0 Å². The van der Waals surface area contributed by atoms with Crippen LogP contribution in [0.1, 0.15) is 17.5 Å². The minimum atomic E-state index is 0.391. The van der Waals surface area contributed by atoms with Crippen LogP contribution in [0.15, 0.2) is 71.8 Å². The Hall–Kier alpha value is -2.52.